The molecule has 2 atom stereocenters. The fraction of sp³-hybridized carbons (Fsp3) is 0.513. The minimum Gasteiger partial charge on any atom is -1.00 e. The van der Waals surface area contributed by atoms with Crippen molar-refractivity contribution in [2.45, 2.75) is 100 Å². The first-order valence-electron chi connectivity index (χ1n) is 17.6. The maximum absolute atomic E-state index is 15.3. The van der Waals surface area contributed by atoms with Crippen LogP contribution >= 0.6 is 0 Å². The van der Waals surface area contributed by atoms with Gasteiger partial charge in [-0.25, -0.2) is 18.7 Å². The van der Waals surface area contributed by atoms with Crippen LogP contribution in [0.2, 0.25) is 0 Å². The molecule has 2 aliphatic carbocycles. The predicted octanol–water partition coefficient (Wildman–Crippen LogP) is 4.36. The molecule has 2 aromatic heterocycles. The van der Waals surface area contributed by atoms with Gasteiger partial charge in [0.25, 0.3) is 0 Å². The average molecular weight is 695 g/mol. The van der Waals surface area contributed by atoms with E-state index < -0.39 is 11.3 Å². The smallest absolute Gasteiger partial charge is 1.00 e. The monoisotopic (exact) mass is 694 g/mol. The number of aliphatic hydroxyl groups is 1. The number of ether oxygens (including phenoxy) is 1. The van der Waals surface area contributed by atoms with Gasteiger partial charge in [-0.1, -0.05) is 48.5 Å². The van der Waals surface area contributed by atoms with E-state index in [0.717, 1.165) is 37.1 Å². The van der Waals surface area contributed by atoms with Gasteiger partial charge in [0, 0.05) is 17.7 Å². The SMILES string of the molecule is COC(=O)C1CCC(F)(CCC2c3ccccc3-c3cncn32)CC1.OCC1CCC(F)(CCC2c3ccccc3-c3cncn32)CC1.[AlH3].[H-].[Li+]. The summed E-state index contributed by atoms with van der Waals surface area (Å²) in [6.45, 7) is 0.199. The molecular weight excluding hydrogens is 644 g/mol. The van der Waals surface area contributed by atoms with Gasteiger partial charge in [0.2, 0.25) is 0 Å². The standard InChI is InChI=1S/C20H23FN2O2.C19H23FN2O.Al.Li.4H/c1-25-19(24)14-6-9-20(21,10-7-14)11-8-17-15-4-2-3-5-16(15)18-12-22-13-23(17)18;20-19(8-5-14(12-23)6-9-19)10-7-17-15-3-1-2-4-16(15)18-11-21-13-22(17)18;;;;;;/h2-5,12-14,17H,6-11H2,1H3;1-4,11,13-14,17,23H,5-10,12H2;;;;;;/q;;;+1;;;;-1. The molecule has 0 amide bonds. The number of carbonyl (C=O) groups is 1. The average Bonchev–Trinajstić information content (AvgIpc) is 3.90. The van der Waals surface area contributed by atoms with E-state index in [0.29, 0.717) is 57.3 Å². The fourth-order valence-electron chi connectivity index (χ4n) is 8.66. The number of hydrogen-bond acceptors (Lipinski definition) is 5. The van der Waals surface area contributed by atoms with Crippen molar-refractivity contribution in [1.82, 2.24) is 19.1 Å². The van der Waals surface area contributed by atoms with Crippen molar-refractivity contribution < 1.29 is 43.7 Å². The first-order valence-corrected chi connectivity index (χ1v) is 17.6. The number of alkyl halides is 2. The van der Waals surface area contributed by atoms with E-state index in [4.69, 9.17) is 4.74 Å². The van der Waals surface area contributed by atoms with Crippen LogP contribution in [0.15, 0.2) is 73.6 Å². The second-order valence-corrected chi connectivity index (χ2v) is 14.4. The number of fused-ring (bicyclic) bond motifs is 6. The van der Waals surface area contributed by atoms with Gasteiger partial charge in [0.1, 0.15) is 11.3 Å². The second kappa shape index (κ2) is 16.3. The Morgan fingerprint density at radius 1 is 0.820 bits per heavy atom. The first-order chi connectivity index (χ1) is 23.3. The molecule has 7 nitrogen and oxygen atoms in total. The third-order valence-electron chi connectivity index (χ3n) is 11.6. The van der Waals surface area contributed by atoms with E-state index in [9.17, 15) is 9.90 Å². The maximum Gasteiger partial charge on any atom is 1.00 e. The van der Waals surface area contributed by atoms with Gasteiger partial charge in [-0.15, -0.1) is 0 Å². The van der Waals surface area contributed by atoms with Crippen LogP contribution in [0.5, 0.6) is 0 Å². The summed E-state index contributed by atoms with van der Waals surface area (Å²) in [5.41, 5.74) is 4.99. The van der Waals surface area contributed by atoms with Gasteiger partial charge in [-0.05, 0) is 94.1 Å². The number of benzene rings is 2. The van der Waals surface area contributed by atoms with Gasteiger partial charge in [-0.2, -0.15) is 0 Å². The number of nitrogens with zero attached hydrogens (tertiary/aromatic N) is 4. The molecule has 1 N–H and O–H groups in total. The Kier molecular flexibility index (Phi) is 12.6. The van der Waals surface area contributed by atoms with Crippen molar-refractivity contribution in [3.8, 4) is 22.5 Å². The zero-order valence-corrected chi connectivity index (χ0v) is 28.7. The van der Waals surface area contributed by atoms with Crippen LogP contribution in [-0.2, 0) is 9.53 Å². The molecular formula is C39H50AlF2LiN4O3. The molecule has 8 rings (SSSR count). The van der Waals surface area contributed by atoms with Crippen LogP contribution in [0.4, 0.5) is 8.78 Å². The van der Waals surface area contributed by atoms with Crippen molar-refractivity contribution in [2.24, 2.45) is 11.8 Å². The first kappa shape index (κ1) is 38.5. The van der Waals surface area contributed by atoms with E-state index in [1.807, 2.05) is 43.2 Å². The summed E-state index contributed by atoms with van der Waals surface area (Å²) in [5, 5.41) is 9.23. The molecule has 262 valence electrons. The second-order valence-electron chi connectivity index (χ2n) is 14.4. The molecule has 2 fully saturated rings. The third-order valence-corrected chi connectivity index (χ3v) is 11.6. The Labute approximate surface area is 318 Å². The van der Waals surface area contributed by atoms with Gasteiger partial charge in [0.15, 0.2) is 17.4 Å². The van der Waals surface area contributed by atoms with Crippen molar-refractivity contribution >= 4 is 23.3 Å². The molecule has 2 unspecified atom stereocenters. The Balaban J connectivity index is 0.000000217. The van der Waals surface area contributed by atoms with Gasteiger partial charge >= 0.3 is 24.8 Å². The molecule has 0 saturated heterocycles. The van der Waals surface area contributed by atoms with E-state index in [-0.39, 0.29) is 68.2 Å². The molecule has 0 bridgehead atoms. The summed E-state index contributed by atoms with van der Waals surface area (Å²) in [6, 6.07) is 17.0. The summed E-state index contributed by atoms with van der Waals surface area (Å²) in [7, 11) is 1.40. The number of rotatable bonds is 8. The Hall–Kier alpha value is -2.72. The van der Waals surface area contributed by atoms with E-state index in [2.05, 4.69) is 49.4 Å². The van der Waals surface area contributed by atoms with Gasteiger partial charge < -0.3 is 20.4 Å². The van der Waals surface area contributed by atoms with Crippen LogP contribution in [0.1, 0.15) is 102 Å². The van der Waals surface area contributed by atoms with Crippen molar-refractivity contribution in [3.05, 3.63) is 84.7 Å². The van der Waals surface area contributed by atoms with Crippen molar-refractivity contribution in [2.75, 3.05) is 13.7 Å². The van der Waals surface area contributed by atoms with Crippen LogP contribution in [-0.4, -0.2) is 72.6 Å². The summed E-state index contributed by atoms with van der Waals surface area (Å²) < 4.78 is 39.5. The molecule has 11 heteroatoms. The van der Waals surface area contributed by atoms with E-state index in [1.165, 1.54) is 29.4 Å². The van der Waals surface area contributed by atoms with E-state index in [1.54, 1.807) is 0 Å². The number of aliphatic hydroxyl groups excluding tert-OH is 1. The third kappa shape index (κ3) is 7.71. The molecule has 2 saturated carbocycles. The molecule has 2 aliphatic heterocycles. The van der Waals surface area contributed by atoms with Crippen molar-refractivity contribution in [1.29, 1.82) is 0 Å². The molecule has 2 aromatic carbocycles. The molecule has 0 radical (unpaired) electrons. The topological polar surface area (TPSA) is 82.2 Å². The number of aromatic nitrogens is 4. The van der Waals surface area contributed by atoms with Gasteiger partial charge in [0.05, 0.1) is 61.5 Å². The Morgan fingerprint density at radius 2 is 1.26 bits per heavy atom. The van der Waals surface area contributed by atoms with Crippen LogP contribution in [0.25, 0.3) is 22.5 Å². The predicted molar refractivity (Wildman–Crippen MR) is 192 cm³/mol. The summed E-state index contributed by atoms with van der Waals surface area (Å²) in [5.74, 6) is -0.0394. The number of halogens is 2. The molecule has 50 heavy (non-hydrogen) atoms. The number of imidazole rings is 2. The molecule has 0 spiro atoms. The molecule has 4 heterocycles. The number of esters is 1. The number of hydrogen-bond donors (Lipinski definition) is 1. The van der Waals surface area contributed by atoms with Crippen LogP contribution < -0.4 is 18.9 Å². The van der Waals surface area contributed by atoms with Crippen molar-refractivity contribution in [3.63, 3.8) is 0 Å². The Morgan fingerprint density at radius 3 is 1.70 bits per heavy atom. The Bertz CT molecular complexity index is 1740. The number of carbonyl (C=O) groups excluding carboxylic acids is 1. The van der Waals surface area contributed by atoms with Crippen LogP contribution in [0, 0.1) is 11.8 Å². The normalized spacial score (nSPS) is 27.3. The van der Waals surface area contributed by atoms with E-state index >= 15 is 8.78 Å². The molecule has 4 aliphatic rings. The zero-order valence-electron chi connectivity index (χ0n) is 29.7. The quantitative estimate of drug-likeness (QED) is 0.219. The van der Waals surface area contributed by atoms with Gasteiger partial charge in [-0.3, -0.25) is 4.79 Å². The number of methoxy groups -OCH3 is 1. The molecule has 4 aromatic rings. The summed E-state index contributed by atoms with van der Waals surface area (Å²) in [4.78, 5) is 20.2. The fourth-order valence-corrected chi connectivity index (χ4v) is 8.66. The largest absolute Gasteiger partial charge is 1.00 e. The van der Waals surface area contributed by atoms with Crippen LogP contribution in [0.3, 0.4) is 0 Å². The summed E-state index contributed by atoms with van der Waals surface area (Å²) in [6.07, 6.45) is 15.0. The summed E-state index contributed by atoms with van der Waals surface area (Å²) >= 11 is 0. The zero-order chi connectivity index (χ0) is 33.3. The maximum atomic E-state index is 15.3. The minimum atomic E-state index is -1.18. The minimum absolute atomic E-state index is 0.